The number of amides is 2. The van der Waals surface area contributed by atoms with E-state index < -0.39 is 35.3 Å². The largest absolute Gasteiger partial charge is 0.506 e. The van der Waals surface area contributed by atoms with Gasteiger partial charge in [0.15, 0.2) is 5.69 Å². The minimum atomic E-state index is -4.65. The number of halogens is 4. The van der Waals surface area contributed by atoms with Crippen LogP contribution in [0.5, 0.6) is 5.75 Å². The summed E-state index contributed by atoms with van der Waals surface area (Å²) in [6.45, 7) is 0.0975. The summed E-state index contributed by atoms with van der Waals surface area (Å²) in [5.41, 5.74) is -1.23. The molecule has 8 nitrogen and oxygen atoms in total. The van der Waals surface area contributed by atoms with Gasteiger partial charge in [0.2, 0.25) is 5.91 Å². The highest BCUT2D eigenvalue weighted by Gasteiger charge is 2.44. The molecule has 172 valence electrons. The second-order valence-electron chi connectivity index (χ2n) is 8.04. The molecule has 3 aliphatic rings. The third kappa shape index (κ3) is 3.86. The van der Waals surface area contributed by atoms with Crippen molar-refractivity contribution in [3.8, 4) is 5.75 Å². The zero-order valence-electron chi connectivity index (χ0n) is 17.0. The van der Waals surface area contributed by atoms with Crippen LogP contribution in [0.15, 0.2) is 36.6 Å². The maximum absolute atomic E-state index is 13.7. The van der Waals surface area contributed by atoms with Crippen molar-refractivity contribution < 1.29 is 27.9 Å². The number of imidazole rings is 1. The smallest absolute Gasteiger partial charge is 0.419 e. The SMILES string of the molecule is O=C(c1nc2n(c1Cl)CC(C1C=C1)C=C2C(F)(F)F)N1CCN(c2ccc(O)cn2)C(=O)C1. The normalized spacial score (nSPS) is 20.7. The van der Waals surface area contributed by atoms with Crippen molar-refractivity contribution in [2.75, 3.05) is 24.5 Å². The Bertz CT molecular complexity index is 1200. The molecule has 4 heterocycles. The monoisotopic (exact) mass is 479 g/mol. The number of hydrogen-bond acceptors (Lipinski definition) is 5. The molecule has 1 saturated heterocycles. The molecule has 2 aromatic heterocycles. The maximum atomic E-state index is 13.7. The van der Waals surface area contributed by atoms with Gasteiger partial charge >= 0.3 is 6.18 Å². The third-order valence-electron chi connectivity index (χ3n) is 5.85. The lowest BCUT2D eigenvalue weighted by Gasteiger charge is -2.33. The zero-order valence-corrected chi connectivity index (χ0v) is 17.7. The number of anilines is 1. The molecule has 12 heteroatoms. The number of fused-ring (bicyclic) bond motifs is 1. The summed E-state index contributed by atoms with van der Waals surface area (Å²) in [6.07, 6.45) is 1.31. The third-order valence-corrected chi connectivity index (χ3v) is 6.24. The summed E-state index contributed by atoms with van der Waals surface area (Å²) in [5.74, 6) is -1.77. The van der Waals surface area contributed by atoms with Crippen molar-refractivity contribution in [2.24, 2.45) is 11.8 Å². The molecular formula is C21H17ClF3N5O3. The van der Waals surface area contributed by atoms with Crippen LogP contribution in [0, 0.1) is 11.8 Å². The highest BCUT2D eigenvalue weighted by Crippen LogP contribution is 2.43. The number of aromatic hydroxyl groups is 1. The van der Waals surface area contributed by atoms with Gasteiger partial charge in [-0.15, -0.1) is 0 Å². The van der Waals surface area contributed by atoms with Gasteiger partial charge in [0, 0.05) is 31.5 Å². The van der Waals surface area contributed by atoms with E-state index >= 15 is 0 Å². The van der Waals surface area contributed by atoms with E-state index in [1.54, 1.807) is 0 Å². The molecule has 1 unspecified atom stereocenters. The summed E-state index contributed by atoms with van der Waals surface area (Å²) >= 11 is 6.35. The van der Waals surface area contributed by atoms with Crippen LogP contribution in [0.25, 0.3) is 5.57 Å². The quantitative estimate of drug-likeness (QED) is 0.684. The average Bonchev–Trinajstić information content (AvgIpc) is 3.57. The zero-order chi connectivity index (χ0) is 23.5. The minimum Gasteiger partial charge on any atom is -0.506 e. The Labute approximate surface area is 190 Å². The number of alkyl halides is 3. The first kappa shape index (κ1) is 21.5. The fourth-order valence-corrected chi connectivity index (χ4v) is 4.35. The molecule has 0 radical (unpaired) electrons. The van der Waals surface area contributed by atoms with Crippen molar-refractivity contribution in [2.45, 2.75) is 12.7 Å². The molecule has 33 heavy (non-hydrogen) atoms. The first-order valence-corrected chi connectivity index (χ1v) is 10.5. The number of carbonyl (C=O) groups is 2. The minimum absolute atomic E-state index is 0.0506. The van der Waals surface area contributed by atoms with Gasteiger partial charge in [-0.1, -0.05) is 29.8 Å². The number of hydrogen-bond donors (Lipinski definition) is 1. The topological polar surface area (TPSA) is 91.6 Å². The van der Waals surface area contributed by atoms with Crippen LogP contribution in [0.4, 0.5) is 19.0 Å². The van der Waals surface area contributed by atoms with E-state index in [0.717, 1.165) is 6.08 Å². The van der Waals surface area contributed by atoms with E-state index in [1.165, 1.54) is 32.7 Å². The van der Waals surface area contributed by atoms with Crippen LogP contribution >= 0.6 is 11.6 Å². The van der Waals surface area contributed by atoms with E-state index in [9.17, 15) is 27.9 Å². The highest BCUT2D eigenvalue weighted by molar-refractivity contribution is 6.32. The molecular weight excluding hydrogens is 463 g/mol. The number of carbonyl (C=O) groups excluding carboxylic acids is 2. The Hall–Kier alpha value is -3.34. The first-order valence-electron chi connectivity index (χ1n) is 10.1. The molecule has 1 fully saturated rings. The van der Waals surface area contributed by atoms with Gasteiger partial charge in [0.1, 0.15) is 29.1 Å². The lowest BCUT2D eigenvalue weighted by molar-refractivity contribution is -0.120. The molecule has 2 aliphatic heterocycles. The predicted octanol–water partition coefficient (Wildman–Crippen LogP) is 2.89. The van der Waals surface area contributed by atoms with Gasteiger partial charge < -0.3 is 14.6 Å². The van der Waals surface area contributed by atoms with E-state index in [0.29, 0.717) is 5.82 Å². The molecule has 5 rings (SSSR count). The summed E-state index contributed by atoms with van der Waals surface area (Å²) < 4.78 is 42.3. The summed E-state index contributed by atoms with van der Waals surface area (Å²) in [5, 5.41) is 9.18. The van der Waals surface area contributed by atoms with E-state index in [1.807, 2.05) is 12.2 Å². The van der Waals surface area contributed by atoms with Gasteiger partial charge in [-0.3, -0.25) is 14.5 Å². The van der Waals surface area contributed by atoms with Gasteiger partial charge in [0.25, 0.3) is 5.91 Å². The van der Waals surface area contributed by atoms with Crippen LogP contribution in [0.3, 0.4) is 0 Å². The molecule has 0 bridgehead atoms. The van der Waals surface area contributed by atoms with E-state index in [-0.39, 0.29) is 48.7 Å². The Kier molecular flexibility index (Phi) is 4.96. The van der Waals surface area contributed by atoms with Gasteiger partial charge in [-0.2, -0.15) is 13.2 Å². The number of aromatic nitrogens is 3. The molecule has 0 spiro atoms. The second-order valence-corrected chi connectivity index (χ2v) is 8.39. The Morgan fingerprint density at radius 1 is 1.21 bits per heavy atom. The molecule has 1 atom stereocenters. The number of piperazine rings is 1. The molecule has 1 aliphatic carbocycles. The number of rotatable bonds is 3. The van der Waals surface area contributed by atoms with Crippen LogP contribution in [0.1, 0.15) is 16.3 Å². The molecule has 2 aromatic rings. The van der Waals surface area contributed by atoms with Crippen molar-refractivity contribution in [3.05, 3.63) is 53.2 Å². The van der Waals surface area contributed by atoms with Crippen molar-refractivity contribution >= 4 is 34.8 Å². The van der Waals surface area contributed by atoms with Crippen LogP contribution in [-0.4, -0.2) is 62.2 Å². The predicted molar refractivity (Wildman–Crippen MR) is 112 cm³/mol. The lowest BCUT2D eigenvalue weighted by Crippen LogP contribution is -2.52. The maximum Gasteiger partial charge on any atom is 0.419 e. The Morgan fingerprint density at radius 2 is 1.97 bits per heavy atom. The summed E-state index contributed by atoms with van der Waals surface area (Å²) in [7, 11) is 0. The fraction of sp³-hybridized carbons (Fsp3) is 0.333. The van der Waals surface area contributed by atoms with Crippen LogP contribution in [-0.2, 0) is 11.3 Å². The second kappa shape index (κ2) is 7.62. The van der Waals surface area contributed by atoms with Gasteiger partial charge in [0.05, 0.1) is 11.8 Å². The molecule has 1 N–H and O–H groups in total. The van der Waals surface area contributed by atoms with Gasteiger partial charge in [-0.05, 0) is 12.1 Å². The van der Waals surface area contributed by atoms with Crippen molar-refractivity contribution in [1.82, 2.24) is 19.4 Å². The summed E-state index contributed by atoms with van der Waals surface area (Å²) in [6, 6.07) is 2.86. The van der Waals surface area contributed by atoms with Crippen LogP contribution in [0.2, 0.25) is 5.15 Å². The molecule has 2 amide bonds. The number of allylic oxidation sites excluding steroid dienone is 4. The van der Waals surface area contributed by atoms with E-state index in [2.05, 4.69) is 9.97 Å². The fourth-order valence-electron chi connectivity index (χ4n) is 4.07. The number of nitrogens with zero attached hydrogens (tertiary/aromatic N) is 5. The molecule has 0 saturated carbocycles. The summed E-state index contributed by atoms with van der Waals surface area (Å²) in [4.78, 5) is 36.2. The first-order chi connectivity index (χ1) is 15.6. The standard InChI is InChI=1S/C21H17ClF3N5O3/c22-18-17(27-19-14(21(23,24)25)7-12(9-30(18)19)11-1-2-11)20(33)28-5-6-29(16(32)10-28)15-4-3-13(31)8-26-15/h1-4,7-8,11-12,31H,5-6,9-10H2. The van der Waals surface area contributed by atoms with E-state index in [4.69, 9.17) is 11.6 Å². The lowest BCUT2D eigenvalue weighted by atomic mass is 9.95. The van der Waals surface area contributed by atoms with Crippen LogP contribution < -0.4 is 4.90 Å². The van der Waals surface area contributed by atoms with Crippen molar-refractivity contribution in [1.29, 1.82) is 0 Å². The van der Waals surface area contributed by atoms with Gasteiger partial charge in [-0.25, -0.2) is 9.97 Å². The van der Waals surface area contributed by atoms with Crippen molar-refractivity contribution in [3.63, 3.8) is 0 Å². The molecule has 0 aromatic carbocycles. The Balaban J connectivity index is 1.39. The number of pyridine rings is 1. The highest BCUT2D eigenvalue weighted by atomic mass is 35.5. The average molecular weight is 480 g/mol. The Morgan fingerprint density at radius 3 is 2.58 bits per heavy atom.